The van der Waals surface area contributed by atoms with Crippen molar-refractivity contribution in [3.8, 4) is 0 Å². The average Bonchev–Trinajstić information content (AvgIpc) is 2.84. The lowest BCUT2D eigenvalue weighted by atomic mass is 9.98. The normalized spacial score (nSPS) is 18.9. The molecule has 3 rings (SSSR count). The fraction of sp³-hybridized carbons (Fsp3) is 0.400. The molecule has 1 saturated heterocycles. The lowest BCUT2D eigenvalue weighted by Gasteiger charge is -2.30. The average molecular weight is 287 g/mol. The van der Waals surface area contributed by atoms with Gasteiger partial charge in [-0.2, -0.15) is 5.10 Å². The standard InChI is InChI=1S/C15H17N3O3/c1-17-12-7-3-2-6-11(12)13(16-17)14(19)18-8-4-5-10(9-18)15(20)21/h2-3,6-7,10H,4-5,8-9H2,1H3,(H,20,21)/t10-/m0/s1. The second-order valence-corrected chi connectivity index (χ2v) is 5.42. The number of amides is 1. The molecule has 1 aromatic carbocycles. The number of aromatic nitrogens is 2. The number of para-hydroxylation sites is 1. The lowest BCUT2D eigenvalue weighted by Crippen LogP contribution is -2.42. The van der Waals surface area contributed by atoms with Gasteiger partial charge < -0.3 is 10.0 Å². The summed E-state index contributed by atoms with van der Waals surface area (Å²) >= 11 is 0. The molecule has 2 aromatic rings. The van der Waals surface area contributed by atoms with E-state index >= 15 is 0 Å². The number of hydrogen-bond acceptors (Lipinski definition) is 3. The number of aliphatic carboxylic acids is 1. The van der Waals surface area contributed by atoms with Gasteiger partial charge in [-0.05, 0) is 18.9 Å². The minimum absolute atomic E-state index is 0.183. The van der Waals surface area contributed by atoms with Crippen molar-refractivity contribution in [3.63, 3.8) is 0 Å². The Morgan fingerprint density at radius 2 is 2.10 bits per heavy atom. The van der Waals surface area contributed by atoms with Crippen LogP contribution in [0.4, 0.5) is 0 Å². The number of rotatable bonds is 2. The highest BCUT2D eigenvalue weighted by atomic mass is 16.4. The van der Waals surface area contributed by atoms with Crippen LogP contribution in [0, 0.1) is 5.92 Å². The van der Waals surface area contributed by atoms with Gasteiger partial charge in [0.2, 0.25) is 0 Å². The summed E-state index contributed by atoms with van der Waals surface area (Å²) < 4.78 is 1.68. The molecule has 0 radical (unpaired) electrons. The first kappa shape index (κ1) is 13.6. The zero-order valence-corrected chi connectivity index (χ0v) is 11.8. The van der Waals surface area contributed by atoms with Gasteiger partial charge in [-0.25, -0.2) is 0 Å². The number of carbonyl (C=O) groups excluding carboxylic acids is 1. The zero-order chi connectivity index (χ0) is 15.0. The third-order valence-corrected chi connectivity index (χ3v) is 4.02. The highest BCUT2D eigenvalue weighted by Gasteiger charge is 2.30. The number of benzene rings is 1. The van der Waals surface area contributed by atoms with Crippen LogP contribution >= 0.6 is 0 Å². The smallest absolute Gasteiger partial charge is 0.308 e. The molecule has 110 valence electrons. The van der Waals surface area contributed by atoms with Crippen molar-refractivity contribution in [3.05, 3.63) is 30.0 Å². The highest BCUT2D eigenvalue weighted by molar-refractivity contribution is 6.05. The first-order valence-electron chi connectivity index (χ1n) is 7.01. The molecular weight excluding hydrogens is 270 g/mol. The van der Waals surface area contributed by atoms with Gasteiger partial charge in [0, 0.05) is 25.5 Å². The van der Waals surface area contributed by atoms with Crippen molar-refractivity contribution >= 4 is 22.8 Å². The predicted molar refractivity (Wildman–Crippen MR) is 77.0 cm³/mol. The summed E-state index contributed by atoms with van der Waals surface area (Å²) in [5.74, 6) is -1.49. The zero-order valence-electron chi connectivity index (χ0n) is 11.8. The van der Waals surface area contributed by atoms with E-state index in [-0.39, 0.29) is 12.5 Å². The predicted octanol–water partition coefficient (Wildman–Crippen LogP) is 1.51. The van der Waals surface area contributed by atoms with Crippen LogP contribution in [-0.2, 0) is 11.8 Å². The van der Waals surface area contributed by atoms with Crippen LogP contribution in [-0.4, -0.2) is 44.8 Å². The summed E-state index contributed by atoms with van der Waals surface area (Å²) in [6, 6.07) is 7.56. The molecule has 1 amide bonds. The second-order valence-electron chi connectivity index (χ2n) is 5.42. The van der Waals surface area contributed by atoms with Gasteiger partial charge in [0.1, 0.15) is 0 Å². The Kier molecular flexibility index (Phi) is 3.37. The fourth-order valence-corrected chi connectivity index (χ4v) is 2.88. The van der Waals surface area contributed by atoms with E-state index in [1.165, 1.54) is 0 Å². The van der Waals surface area contributed by atoms with E-state index < -0.39 is 11.9 Å². The molecule has 21 heavy (non-hydrogen) atoms. The molecule has 1 aliphatic heterocycles. The molecule has 1 atom stereocenters. The van der Waals surface area contributed by atoms with Gasteiger partial charge in [-0.1, -0.05) is 18.2 Å². The molecule has 6 heteroatoms. The number of aryl methyl sites for hydroxylation is 1. The highest BCUT2D eigenvalue weighted by Crippen LogP contribution is 2.22. The topological polar surface area (TPSA) is 75.4 Å². The molecule has 1 aromatic heterocycles. The maximum atomic E-state index is 12.7. The summed E-state index contributed by atoms with van der Waals surface area (Å²) in [4.78, 5) is 25.4. The van der Waals surface area contributed by atoms with Crippen LogP contribution in [0.3, 0.4) is 0 Å². The number of likely N-dealkylation sites (tertiary alicyclic amines) is 1. The Hall–Kier alpha value is -2.37. The largest absolute Gasteiger partial charge is 0.481 e. The van der Waals surface area contributed by atoms with Crippen LogP contribution in [0.15, 0.2) is 24.3 Å². The molecule has 6 nitrogen and oxygen atoms in total. The molecule has 0 unspecified atom stereocenters. The Bertz CT molecular complexity index is 707. The molecule has 1 fully saturated rings. The van der Waals surface area contributed by atoms with E-state index in [0.29, 0.717) is 25.1 Å². The third-order valence-electron chi connectivity index (χ3n) is 4.02. The van der Waals surface area contributed by atoms with E-state index in [9.17, 15) is 9.59 Å². The summed E-state index contributed by atoms with van der Waals surface area (Å²) in [6.07, 6.45) is 1.34. The van der Waals surface area contributed by atoms with E-state index in [4.69, 9.17) is 5.11 Å². The number of fused-ring (bicyclic) bond motifs is 1. The molecule has 0 saturated carbocycles. The molecule has 0 spiro atoms. The van der Waals surface area contributed by atoms with Gasteiger partial charge in [0.25, 0.3) is 5.91 Å². The van der Waals surface area contributed by atoms with Crippen LogP contribution in [0.25, 0.3) is 10.9 Å². The molecular formula is C15H17N3O3. The van der Waals surface area contributed by atoms with E-state index in [1.54, 1.807) is 16.6 Å². The Labute approximate surface area is 122 Å². The Morgan fingerprint density at radius 1 is 1.33 bits per heavy atom. The first-order valence-corrected chi connectivity index (χ1v) is 7.01. The van der Waals surface area contributed by atoms with Gasteiger partial charge >= 0.3 is 5.97 Å². The number of carbonyl (C=O) groups is 2. The lowest BCUT2D eigenvalue weighted by molar-refractivity contribution is -0.143. The van der Waals surface area contributed by atoms with Crippen molar-refractivity contribution < 1.29 is 14.7 Å². The monoisotopic (exact) mass is 287 g/mol. The number of piperidine rings is 1. The van der Waals surface area contributed by atoms with Crippen LogP contribution in [0.2, 0.25) is 0 Å². The maximum Gasteiger partial charge on any atom is 0.308 e. The molecule has 2 heterocycles. The minimum Gasteiger partial charge on any atom is -0.481 e. The fourth-order valence-electron chi connectivity index (χ4n) is 2.88. The van der Waals surface area contributed by atoms with Crippen molar-refractivity contribution in [2.45, 2.75) is 12.8 Å². The summed E-state index contributed by atoms with van der Waals surface area (Å²) in [7, 11) is 1.80. The quantitative estimate of drug-likeness (QED) is 0.908. The number of carboxylic acids is 1. The third kappa shape index (κ3) is 2.37. The number of nitrogens with zero attached hydrogens (tertiary/aromatic N) is 3. The molecule has 1 N–H and O–H groups in total. The van der Waals surface area contributed by atoms with Crippen LogP contribution in [0.1, 0.15) is 23.3 Å². The first-order chi connectivity index (χ1) is 10.1. The van der Waals surface area contributed by atoms with Crippen molar-refractivity contribution in [2.75, 3.05) is 13.1 Å². The Morgan fingerprint density at radius 3 is 2.86 bits per heavy atom. The summed E-state index contributed by atoms with van der Waals surface area (Å²) in [6.45, 7) is 0.854. The molecule has 0 aliphatic carbocycles. The van der Waals surface area contributed by atoms with Crippen LogP contribution in [0.5, 0.6) is 0 Å². The van der Waals surface area contributed by atoms with E-state index in [0.717, 1.165) is 10.9 Å². The number of hydrogen-bond donors (Lipinski definition) is 1. The van der Waals surface area contributed by atoms with Gasteiger partial charge in [0.15, 0.2) is 5.69 Å². The second kappa shape index (κ2) is 5.20. The Balaban J connectivity index is 1.92. The summed E-state index contributed by atoms with van der Waals surface area (Å²) in [5.41, 5.74) is 1.30. The van der Waals surface area contributed by atoms with Crippen molar-refractivity contribution in [1.29, 1.82) is 0 Å². The summed E-state index contributed by atoms with van der Waals surface area (Å²) in [5, 5.41) is 14.2. The minimum atomic E-state index is -0.835. The van der Waals surface area contributed by atoms with Crippen LogP contribution < -0.4 is 0 Å². The van der Waals surface area contributed by atoms with Gasteiger partial charge in [0.05, 0.1) is 11.4 Å². The number of carboxylic acid groups (broad SMARTS) is 1. The van der Waals surface area contributed by atoms with Gasteiger partial charge in [-0.15, -0.1) is 0 Å². The van der Waals surface area contributed by atoms with E-state index in [1.807, 2.05) is 24.3 Å². The molecule has 1 aliphatic rings. The maximum absolute atomic E-state index is 12.7. The van der Waals surface area contributed by atoms with E-state index in [2.05, 4.69) is 5.10 Å². The van der Waals surface area contributed by atoms with Gasteiger partial charge in [-0.3, -0.25) is 14.3 Å². The molecule has 0 bridgehead atoms. The SMILES string of the molecule is Cn1nc(C(=O)N2CCC[C@H](C(=O)O)C2)c2ccccc21. The van der Waals surface area contributed by atoms with Crippen molar-refractivity contribution in [2.24, 2.45) is 13.0 Å². The van der Waals surface area contributed by atoms with Crippen molar-refractivity contribution in [1.82, 2.24) is 14.7 Å².